The van der Waals surface area contributed by atoms with E-state index in [1.807, 2.05) is 0 Å². The summed E-state index contributed by atoms with van der Waals surface area (Å²) in [7, 11) is 0. The first kappa shape index (κ1) is 7.98. The van der Waals surface area contributed by atoms with E-state index in [0.29, 0.717) is 5.56 Å². The third-order valence-corrected chi connectivity index (χ3v) is 1.49. The molecule has 0 radical (unpaired) electrons. The predicted octanol–water partition coefficient (Wildman–Crippen LogP) is 2.64. The number of benzene rings is 1. The van der Waals surface area contributed by atoms with Crippen molar-refractivity contribution in [3.8, 4) is 5.75 Å². The van der Waals surface area contributed by atoms with Crippen LogP contribution in [0.15, 0.2) is 18.2 Å². The van der Waals surface area contributed by atoms with Crippen LogP contribution >= 0.6 is 0 Å². The summed E-state index contributed by atoms with van der Waals surface area (Å²) in [6, 6.07) is 3.81. The Morgan fingerprint density at radius 3 is 2.45 bits per heavy atom. The van der Waals surface area contributed by atoms with Crippen molar-refractivity contribution in [2.45, 2.75) is 13.3 Å². The van der Waals surface area contributed by atoms with E-state index in [1.165, 1.54) is 18.2 Å². The van der Waals surface area contributed by atoms with E-state index in [4.69, 9.17) is 5.11 Å². The summed E-state index contributed by atoms with van der Waals surface area (Å²) < 4.78 is 24.2. The van der Waals surface area contributed by atoms with Gasteiger partial charge < -0.3 is 5.11 Å². The highest BCUT2D eigenvalue weighted by Crippen LogP contribution is 2.24. The summed E-state index contributed by atoms with van der Waals surface area (Å²) in [6.07, 6.45) is -2.46. The van der Waals surface area contributed by atoms with Crippen molar-refractivity contribution in [3.05, 3.63) is 29.3 Å². The van der Waals surface area contributed by atoms with Crippen LogP contribution in [0, 0.1) is 6.92 Å². The minimum absolute atomic E-state index is 0.0203. The molecule has 0 aromatic heterocycles. The molecule has 0 fully saturated rings. The van der Waals surface area contributed by atoms with Crippen molar-refractivity contribution in [3.63, 3.8) is 0 Å². The second kappa shape index (κ2) is 2.86. The number of aromatic hydroxyl groups is 1. The van der Waals surface area contributed by atoms with Gasteiger partial charge in [0.15, 0.2) is 0 Å². The van der Waals surface area contributed by atoms with Crippen molar-refractivity contribution in [2.24, 2.45) is 0 Å². The molecule has 1 aromatic rings. The van der Waals surface area contributed by atoms with Gasteiger partial charge in [-0.05, 0) is 30.7 Å². The maximum atomic E-state index is 12.1. The van der Waals surface area contributed by atoms with Crippen molar-refractivity contribution in [1.82, 2.24) is 0 Å². The molecule has 1 N–H and O–H groups in total. The zero-order chi connectivity index (χ0) is 8.43. The molecule has 0 aliphatic carbocycles. The lowest BCUT2D eigenvalue weighted by atomic mass is 10.1. The summed E-state index contributed by atoms with van der Waals surface area (Å²) in [5, 5.41) is 8.87. The minimum atomic E-state index is -2.46. The molecule has 0 heterocycles. The average molecular weight is 158 g/mol. The highest BCUT2D eigenvalue weighted by Gasteiger charge is 2.09. The lowest BCUT2D eigenvalue weighted by Gasteiger charge is -2.03. The lowest BCUT2D eigenvalue weighted by Crippen LogP contribution is -1.87. The lowest BCUT2D eigenvalue weighted by molar-refractivity contribution is 0.150. The highest BCUT2D eigenvalue weighted by atomic mass is 19.3. The SMILES string of the molecule is Cc1cc(O)ccc1C(F)F. The quantitative estimate of drug-likeness (QED) is 0.666. The average Bonchev–Trinajstić information content (AvgIpc) is 1.85. The van der Waals surface area contributed by atoms with Gasteiger partial charge in [0.05, 0.1) is 0 Å². The van der Waals surface area contributed by atoms with E-state index >= 15 is 0 Å². The van der Waals surface area contributed by atoms with Gasteiger partial charge in [-0.25, -0.2) is 8.78 Å². The van der Waals surface area contributed by atoms with Crippen LogP contribution in [0.1, 0.15) is 17.6 Å². The molecule has 0 aliphatic rings. The number of phenolic OH excluding ortho intramolecular Hbond substituents is 1. The normalized spacial score (nSPS) is 10.5. The van der Waals surface area contributed by atoms with Gasteiger partial charge in [0, 0.05) is 5.56 Å². The molecule has 0 spiro atoms. The number of halogens is 2. The molecule has 11 heavy (non-hydrogen) atoms. The maximum absolute atomic E-state index is 12.1. The fourth-order valence-electron chi connectivity index (χ4n) is 0.905. The number of rotatable bonds is 1. The number of hydrogen-bond donors (Lipinski definition) is 1. The monoisotopic (exact) mass is 158 g/mol. The number of alkyl halides is 2. The van der Waals surface area contributed by atoms with Gasteiger partial charge in [-0.15, -0.1) is 0 Å². The van der Waals surface area contributed by atoms with Crippen LogP contribution in [-0.4, -0.2) is 5.11 Å². The smallest absolute Gasteiger partial charge is 0.264 e. The van der Waals surface area contributed by atoms with Crippen LogP contribution in [0.4, 0.5) is 8.78 Å². The van der Waals surface area contributed by atoms with Crippen LogP contribution in [0.5, 0.6) is 5.75 Å². The first-order valence-electron chi connectivity index (χ1n) is 3.19. The van der Waals surface area contributed by atoms with Crippen molar-refractivity contribution in [2.75, 3.05) is 0 Å². The summed E-state index contributed by atoms with van der Waals surface area (Å²) in [5.41, 5.74) is 0.391. The fraction of sp³-hybridized carbons (Fsp3) is 0.250. The zero-order valence-corrected chi connectivity index (χ0v) is 6.01. The molecule has 0 saturated heterocycles. The Labute approximate surface area is 63.3 Å². The summed E-state index contributed by atoms with van der Waals surface area (Å²) in [6.45, 7) is 1.54. The second-order valence-electron chi connectivity index (χ2n) is 2.34. The Kier molecular flexibility index (Phi) is 2.08. The highest BCUT2D eigenvalue weighted by molar-refractivity contribution is 5.34. The second-order valence-corrected chi connectivity index (χ2v) is 2.34. The Balaban J connectivity index is 3.09. The first-order valence-corrected chi connectivity index (χ1v) is 3.19. The first-order chi connectivity index (χ1) is 5.11. The van der Waals surface area contributed by atoms with Gasteiger partial charge in [0.25, 0.3) is 6.43 Å². The van der Waals surface area contributed by atoms with Crippen molar-refractivity contribution < 1.29 is 13.9 Å². The van der Waals surface area contributed by atoms with Gasteiger partial charge in [0.1, 0.15) is 5.75 Å². The van der Waals surface area contributed by atoms with Crippen molar-refractivity contribution >= 4 is 0 Å². The minimum Gasteiger partial charge on any atom is -0.508 e. The van der Waals surface area contributed by atoms with Gasteiger partial charge in [-0.3, -0.25) is 0 Å². The standard InChI is InChI=1S/C8H8F2O/c1-5-4-6(11)2-3-7(5)8(9)10/h2-4,8,11H,1H3. The summed E-state index contributed by atoms with van der Waals surface area (Å²) in [5.74, 6) is 0.0203. The molecule has 0 aliphatic heterocycles. The van der Waals surface area contributed by atoms with Gasteiger partial charge >= 0.3 is 0 Å². The topological polar surface area (TPSA) is 20.2 Å². The number of aryl methyl sites for hydroxylation is 1. The Morgan fingerprint density at radius 1 is 1.36 bits per heavy atom. The molecule has 1 rings (SSSR count). The Hall–Kier alpha value is -1.12. The summed E-state index contributed by atoms with van der Waals surface area (Å²) >= 11 is 0. The molecule has 1 aromatic carbocycles. The molecule has 0 bridgehead atoms. The third kappa shape index (κ3) is 1.67. The zero-order valence-electron chi connectivity index (χ0n) is 6.01. The molecule has 0 unspecified atom stereocenters. The number of phenols is 1. The summed E-state index contributed by atoms with van der Waals surface area (Å²) in [4.78, 5) is 0. The van der Waals surface area contributed by atoms with Gasteiger partial charge in [0.2, 0.25) is 0 Å². The van der Waals surface area contributed by atoms with Crippen LogP contribution in [0.2, 0.25) is 0 Å². The predicted molar refractivity (Wildman–Crippen MR) is 37.8 cm³/mol. The third-order valence-electron chi connectivity index (χ3n) is 1.49. The van der Waals surface area contributed by atoms with Crippen molar-refractivity contribution in [1.29, 1.82) is 0 Å². The van der Waals surface area contributed by atoms with E-state index < -0.39 is 6.43 Å². The van der Waals surface area contributed by atoms with E-state index in [1.54, 1.807) is 6.92 Å². The molecule has 3 heteroatoms. The largest absolute Gasteiger partial charge is 0.508 e. The van der Waals surface area contributed by atoms with Crippen LogP contribution in [0.25, 0.3) is 0 Å². The molecule has 60 valence electrons. The van der Waals surface area contributed by atoms with E-state index in [9.17, 15) is 8.78 Å². The van der Waals surface area contributed by atoms with Crippen LogP contribution in [0.3, 0.4) is 0 Å². The van der Waals surface area contributed by atoms with Gasteiger partial charge in [-0.2, -0.15) is 0 Å². The number of hydrogen-bond acceptors (Lipinski definition) is 1. The van der Waals surface area contributed by atoms with Gasteiger partial charge in [-0.1, -0.05) is 0 Å². The molecule has 0 amide bonds. The van der Waals surface area contributed by atoms with Crippen LogP contribution in [-0.2, 0) is 0 Å². The Bertz CT molecular complexity index is 258. The van der Waals surface area contributed by atoms with E-state index in [0.717, 1.165) is 0 Å². The van der Waals surface area contributed by atoms with Crippen LogP contribution < -0.4 is 0 Å². The molecule has 0 saturated carbocycles. The molecular formula is C8H8F2O. The molecular weight excluding hydrogens is 150 g/mol. The van der Waals surface area contributed by atoms with E-state index in [2.05, 4.69) is 0 Å². The van der Waals surface area contributed by atoms with E-state index in [-0.39, 0.29) is 11.3 Å². The fourth-order valence-corrected chi connectivity index (χ4v) is 0.905. The Morgan fingerprint density at radius 2 is 2.00 bits per heavy atom. The maximum Gasteiger partial charge on any atom is 0.264 e. The molecule has 1 nitrogen and oxygen atoms in total. The molecule has 0 atom stereocenters.